The molecule has 1 aromatic heterocycles. The van der Waals surface area contributed by atoms with Gasteiger partial charge in [0.25, 0.3) is 0 Å². The summed E-state index contributed by atoms with van der Waals surface area (Å²) < 4.78 is 5.45. The number of aliphatic imine (C=N–C) groups is 1. The number of nitrogens with zero attached hydrogens (tertiary/aromatic N) is 3. The normalized spacial score (nSPS) is 18.4. The summed E-state index contributed by atoms with van der Waals surface area (Å²) in [7, 11) is 3.93. The fraction of sp³-hybridized carbons (Fsp3) is 0.765. The van der Waals surface area contributed by atoms with Crippen molar-refractivity contribution < 1.29 is 4.74 Å². The van der Waals surface area contributed by atoms with E-state index in [1.165, 1.54) is 10.7 Å². The van der Waals surface area contributed by atoms with Crippen molar-refractivity contribution in [2.24, 2.45) is 10.9 Å². The van der Waals surface area contributed by atoms with E-state index in [4.69, 9.17) is 9.72 Å². The lowest BCUT2D eigenvalue weighted by molar-refractivity contribution is 0.181. The lowest BCUT2D eigenvalue weighted by Gasteiger charge is -2.24. The molecule has 0 aromatic carbocycles. The van der Waals surface area contributed by atoms with Crippen LogP contribution in [-0.4, -0.2) is 56.2 Å². The average Bonchev–Trinajstić information content (AvgIpc) is 3.14. The SMILES string of the molecule is CN=C(NCCc1nc(C(C)(C)C)cs1)N(C)CC1CCOC1.I. The van der Waals surface area contributed by atoms with E-state index in [2.05, 4.69) is 48.4 Å². The number of guanidine groups is 1. The van der Waals surface area contributed by atoms with Gasteiger partial charge in [-0.25, -0.2) is 4.98 Å². The maximum atomic E-state index is 5.45. The Bertz CT molecular complexity index is 521. The van der Waals surface area contributed by atoms with Crippen LogP contribution in [0.3, 0.4) is 0 Å². The van der Waals surface area contributed by atoms with Crippen molar-refractivity contribution in [3.05, 3.63) is 16.1 Å². The predicted octanol–water partition coefficient (Wildman–Crippen LogP) is 3.14. The fourth-order valence-corrected chi connectivity index (χ4v) is 3.66. The predicted molar refractivity (Wildman–Crippen MR) is 113 cm³/mol. The molecule has 1 atom stereocenters. The van der Waals surface area contributed by atoms with Crippen LogP contribution in [0.25, 0.3) is 0 Å². The smallest absolute Gasteiger partial charge is 0.193 e. The summed E-state index contributed by atoms with van der Waals surface area (Å²) in [4.78, 5) is 11.3. The van der Waals surface area contributed by atoms with Crippen LogP contribution in [0.2, 0.25) is 0 Å². The molecule has 1 aliphatic heterocycles. The molecule has 2 rings (SSSR count). The fourth-order valence-electron chi connectivity index (χ4n) is 2.64. The first kappa shape index (κ1) is 21.6. The number of hydrogen-bond acceptors (Lipinski definition) is 4. The van der Waals surface area contributed by atoms with E-state index in [1.807, 2.05) is 7.05 Å². The van der Waals surface area contributed by atoms with Crippen LogP contribution in [0.15, 0.2) is 10.4 Å². The summed E-state index contributed by atoms with van der Waals surface area (Å²) in [6, 6.07) is 0. The Balaban J connectivity index is 0.00000288. The first-order valence-corrected chi connectivity index (χ1v) is 9.22. The van der Waals surface area contributed by atoms with Gasteiger partial charge in [-0.1, -0.05) is 20.8 Å². The molecule has 0 saturated carbocycles. The molecular weight excluding hydrogens is 435 g/mol. The minimum atomic E-state index is 0. The third-order valence-corrected chi connectivity index (χ3v) is 4.98. The Kier molecular flexibility index (Phi) is 8.94. The molecule has 24 heavy (non-hydrogen) atoms. The van der Waals surface area contributed by atoms with Crippen molar-refractivity contribution in [1.82, 2.24) is 15.2 Å². The second-order valence-electron chi connectivity index (χ2n) is 7.21. The summed E-state index contributed by atoms with van der Waals surface area (Å²) in [6.45, 7) is 10.2. The van der Waals surface area contributed by atoms with Crippen LogP contribution in [0.1, 0.15) is 37.9 Å². The summed E-state index contributed by atoms with van der Waals surface area (Å²) >= 11 is 1.75. The zero-order valence-corrected chi connectivity index (χ0v) is 18.6. The van der Waals surface area contributed by atoms with Gasteiger partial charge < -0.3 is 15.0 Å². The first-order valence-electron chi connectivity index (χ1n) is 8.34. The van der Waals surface area contributed by atoms with Crippen molar-refractivity contribution in [3.8, 4) is 0 Å². The summed E-state index contributed by atoms with van der Waals surface area (Å²) in [5.41, 5.74) is 1.31. The monoisotopic (exact) mass is 466 g/mol. The molecule has 1 aromatic rings. The summed E-state index contributed by atoms with van der Waals surface area (Å²) in [5.74, 6) is 1.57. The minimum absolute atomic E-state index is 0. The van der Waals surface area contributed by atoms with Crippen molar-refractivity contribution in [3.63, 3.8) is 0 Å². The lowest BCUT2D eigenvalue weighted by atomic mass is 9.93. The largest absolute Gasteiger partial charge is 0.381 e. The number of rotatable bonds is 5. The van der Waals surface area contributed by atoms with Crippen LogP contribution < -0.4 is 5.32 Å². The summed E-state index contributed by atoms with van der Waals surface area (Å²) in [5, 5.41) is 6.80. The molecule has 1 saturated heterocycles. The highest BCUT2D eigenvalue weighted by Crippen LogP contribution is 2.23. The van der Waals surface area contributed by atoms with Gasteiger partial charge >= 0.3 is 0 Å². The van der Waals surface area contributed by atoms with Crippen molar-refractivity contribution in [2.75, 3.05) is 40.4 Å². The molecule has 1 aliphatic rings. The van der Waals surface area contributed by atoms with Gasteiger partial charge in [-0.15, -0.1) is 35.3 Å². The standard InChI is InChI=1S/C17H30N4OS.HI/c1-17(2,3)14-12-23-15(20-14)6-8-19-16(18-4)21(5)10-13-7-9-22-11-13;/h12-13H,6-11H2,1-5H3,(H,18,19);1H. The molecule has 0 spiro atoms. The molecule has 0 bridgehead atoms. The Morgan fingerprint density at radius 1 is 1.50 bits per heavy atom. The first-order chi connectivity index (χ1) is 10.9. The maximum Gasteiger partial charge on any atom is 0.193 e. The van der Waals surface area contributed by atoms with Crippen LogP contribution in [0, 0.1) is 5.92 Å². The number of halogens is 1. The molecule has 5 nitrogen and oxygen atoms in total. The highest BCUT2D eigenvalue weighted by atomic mass is 127. The molecule has 1 unspecified atom stereocenters. The van der Waals surface area contributed by atoms with Gasteiger partial charge in [0.2, 0.25) is 0 Å². The zero-order chi connectivity index (χ0) is 16.9. The second kappa shape index (κ2) is 9.91. The van der Waals surface area contributed by atoms with Crippen LogP contribution >= 0.6 is 35.3 Å². The van der Waals surface area contributed by atoms with E-state index in [9.17, 15) is 0 Å². The van der Waals surface area contributed by atoms with Crippen molar-refractivity contribution in [2.45, 2.75) is 39.0 Å². The number of ether oxygens (including phenoxy) is 1. The quantitative estimate of drug-likeness (QED) is 0.412. The summed E-state index contributed by atoms with van der Waals surface area (Å²) in [6.07, 6.45) is 2.08. The Labute approximate surface area is 167 Å². The van der Waals surface area contributed by atoms with Crippen molar-refractivity contribution in [1.29, 1.82) is 0 Å². The Hall–Kier alpha value is -0.410. The molecule has 0 radical (unpaired) electrons. The van der Waals surface area contributed by atoms with Crippen LogP contribution in [0.4, 0.5) is 0 Å². The number of aromatic nitrogens is 1. The molecule has 0 amide bonds. The Morgan fingerprint density at radius 2 is 2.25 bits per heavy atom. The van der Waals surface area contributed by atoms with Gasteiger partial charge in [-0.3, -0.25) is 4.99 Å². The van der Waals surface area contributed by atoms with E-state index in [0.717, 1.165) is 45.1 Å². The lowest BCUT2D eigenvalue weighted by Crippen LogP contribution is -2.42. The van der Waals surface area contributed by atoms with Gasteiger partial charge in [0.1, 0.15) is 0 Å². The van der Waals surface area contributed by atoms with Crippen LogP contribution in [0.5, 0.6) is 0 Å². The molecule has 2 heterocycles. The minimum Gasteiger partial charge on any atom is -0.381 e. The molecule has 138 valence electrons. The topological polar surface area (TPSA) is 49.8 Å². The number of nitrogens with one attached hydrogen (secondary N) is 1. The maximum absolute atomic E-state index is 5.45. The van der Waals surface area contributed by atoms with Gasteiger partial charge in [0.05, 0.1) is 17.3 Å². The second-order valence-corrected chi connectivity index (χ2v) is 8.15. The Morgan fingerprint density at radius 3 is 2.79 bits per heavy atom. The van der Waals surface area contributed by atoms with E-state index >= 15 is 0 Å². The van der Waals surface area contributed by atoms with Gasteiger partial charge in [-0.05, 0) is 6.42 Å². The van der Waals surface area contributed by atoms with E-state index in [-0.39, 0.29) is 29.4 Å². The number of hydrogen-bond donors (Lipinski definition) is 1. The highest BCUT2D eigenvalue weighted by molar-refractivity contribution is 14.0. The zero-order valence-electron chi connectivity index (χ0n) is 15.5. The van der Waals surface area contributed by atoms with Crippen LogP contribution in [-0.2, 0) is 16.6 Å². The third kappa shape index (κ3) is 6.48. The van der Waals surface area contributed by atoms with E-state index in [1.54, 1.807) is 11.3 Å². The molecular formula is C17H31IN4OS. The average molecular weight is 466 g/mol. The van der Waals surface area contributed by atoms with Gasteiger partial charge in [0.15, 0.2) is 5.96 Å². The molecule has 7 heteroatoms. The van der Waals surface area contributed by atoms with E-state index in [0.29, 0.717) is 5.92 Å². The van der Waals surface area contributed by atoms with Crippen molar-refractivity contribution >= 4 is 41.3 Å². The molecule has 1 N–H and O–H groups in total. The molecule has 0 aliphatic carbocycles. The van der Waals surface area contributed by atoms with E-state index < -0.39 is 0 Å². The van der Waals surface area contributed by atoms with Gasteiger partial charge in [0, 0.05) is 56.9 Å². The third-order valence-electron chi connectivity index (χ3n) is 4.07. The number of thiazole rings is 1. The highest BCUT2D eigenvalue weighted by Gasteiger charge is 2.19. The molecule has 1 fully saturated rings. The van der Waals surface area contributed by atoms with Gasteiger partial charge in [-0.2, -0.15) is 0 Å².